The lowest BCUT2D eigenvalue weighted by atomic mass is 10.1. The second-order valence-corrected chi connectivity index (χ2v) is 6.26. The van der Waals surface area contributed by atoms with Crippen molar-refractivity contribution in [3.05, 3.63) is 11.8 Å². The van der Waals surface area contributed by atoms with Crippen LogP contribution in [0.15, 0.2) is 6.07 Å². The third kappa shape index (κ3) is 2.95. The number of piperazine rings is 1. The number of hydrogen-bond donors (Lipinski definition) is 1. The lowest BCUT2D eigenvalue weighted by Gasteiger charge is -2.33. The van der Waals surface area contributed by atoms with Crippen LogP contribution in [0.25, 0.3) is 0 Å². The molecule has 0 saturated carbocycles. The zero-order chi connectivity index (χ0) is 14.9. The highest BCUT2D eigenvalue weighted by molar-refractivity contribution is 5.93. The molecule has 1 aromatic heterocycles. The quantitative estimate of drug-likeness (QED) is 0.877. The van der Waals surface area contributed by atoms with Crippen LogP contribution in [0, 0.1) is 0 Å². The normalized spacial score (nSPS) is 17.5. The fraction of sp³-hybridized carbons (Fsp3) is 0.714. The number of nitrogen functional groups attached to an aromatic ring is 1. The lowest BCUT2D eigenvalue weighted by molar-refractivity contribution is 0.0636. The Balaban J connectivity index is 2.11. The van der Waals surface area contributed by atoms with Crippen LogP contribution in [0.2, 0.25) is 0 Å². The summed E-state index contributed by atoms with van der Waals surface area (Å²) in [5.74, 6) is 0.517. The minimum atomic E-state index is -0.219. The standard InChI is InChI=1S/C14H25N5O/c1-5-17-6-8-18(9-7-17)13(20)11-10-12(15)19(16-11)14(2,3)4/h10H,5-9,15H2,1-4H3. The van der Waals surface area contributed by atoms with Crippen LogP contribution in [0.3, 0.4) is 0 Å². The van der Waals surface area contributed by atoms with E-state index in [4.69, 9.17) is 5.73 Å². The summed E-state index contributed by atoms with van der Waals surface area (Å²) in [6, 6.07) is 1.68. The summed E-state index contributed by atoms with van der Waals surface area (Å²) in [6.45, 7) is 12.6. The second kappa shape index (κ2) is 5.44. The van der Waals surface area contributed by atoms with Gasteiger partial charge in [-0.3, -0.25) is 4.79 Å². The van der Waals surface area contributed by atoms with Crippen LogP contribution in [0.1, 0.15) is 38.2 Å². The molecule has 1 fully saturated rings. The Labute approximate surface area is 120 Å². The van der Waals surface area contributed by atoms with Gasteiger partial charge in [0.2, 0.25) is 0 Å². The van der Waals surface area contributed by atoms with Gasteiger partial charge in [-0.15, -0.1) is 0 Å². The number of amides is 1. The van der Waals surface area contributed by atoms with Crippen molar-refractivity contribution in [1.29, 1.82) is 0 Å². The molecule has 1 saturated heterocycles. The van der Waals surface area contributed by atoms with E-state index in [0.29, 0.717) is 11.5 Å². The molecule has 1 aliphatic rings. The Hall–Kier alpha value is -1.56. The molecule has 2 N–H and O–H groups in total. The molecule has 2 rings (SSSR count). The summed E-state index contributed by atoms with van der Waals surface area (Å²) in [7, 11) is 0. The average Bonchev–Trinajstić information content (AvgIpc) is 2.80. The Kier molecular flexibility index (Phi) is 4.04. The highest BCUT2D eigenvalue weighted by Crippen LogP contribution is 2.20. The lowest BCUT2D eigenvalue weighted by Crippen LogP contribution is -2.48. The van der Waals surface area contributed by atoms with E-state index in [1.807, 2.05) is 25.7 Å². The third-order valence-electron chi connectivity index (χ3n) is 3.70. The van der Waals surface area contributed by atoms with Crippen molar-refractivity contribution in [2.24, 2.45) is 0 Å². The number of nitrogens with zero attached hydrogens (tertiary/aromatic N) is 4. The van der Waals surface area contributed by atoms with Crippen molar-refractivity contribution in [2.75, 3.05) is 38.5 Å². The van der Waals surface area contributed by atoms with Gasteiger partial charge < -0.3 is 15.5 Å². The molecule has 0 spiro atoms. The molecule has 0 unspecified atom stereocenters. The van der Waals surface area contributed by atoms with Gasteiger partial charge in [-0.05, 0) is 27.3 Å². The van der Waals surface area contributed by atoms with Gasteiger partial charge in [0.1, 0.15) is 5.82 Å². The van der Waals surface area contributed by atoms with Crippen LogP contribution in [0.4, 0.5) is 5.82 Å². The molecule has 0 radical (unpaired) electrons. The molecule has 0 aliphatic carbocycles. The minimum Gasteiger partial charge on any atom is -0.384 e. The Morgan fingerprint density at radius 2 is 1.90 bits per heavy atom. The maximum absolute atomic E-state index is 12.5. The number of carbonyl (C=O) groups is 1. The monoisotopic (exact) mass is 279 g/mol. The maximum atomic E-state index is 12.5. The Morgan fingerprint density at radius 1 is 1.30 bits per heavy atom. The van der Waals surface area contributed by atoms with Gasteiger partial charge in [-0.25, -0.2) is 4.68 Å². The van der Waals surface area contributed by atoms with E-state index in [9.17, 15) is 4.79 Å². The topological polar surface area (TPSA) is 67.4 Å². The number of anilines is 1. The molecule has 0 bridgehead atoms. The molecule has 1 aliphatic heterocycles. The first kappa shape index (κ1) is 14.8. The van der Waals surface area contributed by atoms with Gasteiger partial charge in [0.25, 0.3) is 5.91 Å². The minimum absolute atomic E-state index is 0.0181. The molecule has 6 heteroatoms. The fourth-order valence-corrected chi connectivity index (χ4v) is 2.47. The van der Waals surface area contributed by atoms with Crippen molar-refractivity contribution >= 4 is 11.7 Å². The number of hydrogen-bond acceptors (Lipinski definition) is 4. The van der Waals surface area contributed by atoms with Crippen LogP contribution >= 0.6 is 0 Å². The van der Waals surface area contributed by atoms with Crippen LogP contribution in [-0.4, -0.2) is 58.2 Å². The van der Waals surface area contributed by atoms with Gasteiger partial charge in [0, 0.05) is 32.2 Å². The zero-order valence-corrected chi connectivity index (χ0v) is 12.9. The zero-order valence-electron chi connectivity index (χ0n) is 12.9. The molecule has 1 aromatic rings. The SMILES string of the molecule is CCN1CCN(C(=O)c2cc(N)n(C(C)(C)C)n2)CC1. The van der Waals surface area contributed by atoms with E-state index >= 15 is 0 Å². The predicted molar refractivity (Wildman–Crippen MR) is 79.7 cm³/mol. The highest BCUT2D eigenvalue weighted by Gasteiger charge is 2.26. The molecule has 0 aromatic carbocycles. The van der Waals surface area contributed by atoms with E-state index in [1.54, 1.807) is 10.7 Å². The molecular formula is C14H25N5O. The summed E-state index contributed by atoms with van der Waals surface area (Å²) in [6.07, 6.45) is 0. The maximum Gasteiger partial charge on any atom is 0.274 e. The first-order valence-electron chi connectivity index (χ1n) is 7.20. The average molecular weight is 279 g/mol. The van der Waals surface area contributed by atoms with Crippen molar-refractivity contribution in [2.45, 2.75) is 33.2 Å². The first-order valence-corrected chi connectivity index (χ1v) is 7.20. The molecular weight excluding hydrogens is 254 g/mol. The van der Waals surface area contributed by atoms with Crippen LogP contribution in [0.5, 0.6) is 0 Å². The number of carbonyl (C=O) groups excluding carboxylic acids is 1. The summed E-state index contributed by atoms with van der Waals surface area (Å²) in [5, 5.41) is 4.38. The van der Waals surface area contributed by atoms with Crippen molar-refractivity contribution in [3.63, 3.8) is 0 Å². The second-order valence-electron chi connectivity index (χ2n) is 6.26. The molecule has 112 valence electrons. The predicted octanol–water partition coefficient (Wildman–Crippen LogP) is 0.998. The number of aromatic nitrogens is 2. The van der Waals surface area contributed by atoms with Gasteiger partial charge in [-0.1, -0.05) is 6.92 Å². The highest BCUT2D eigenvalue weighted by atomic mass is 16.2. The molecule has 1 amide bonds. The number of rotatable bonds is 2. The summed E-state index contributed by atoms with van der Waals surface area (Å²) < 4.78 is 1.71. The van der Waals surface area contributed by atoms with Crippen LogP contribution in [-0.2, 0) is 5.54 Å². The van der Waals surface area contributed by atoms with Gasteiger partial charge in [0.05, 0.1) is 5.54 Å². The Bertz CT molecular complexity index is 480. The van der Waals surface area contributed by atoms with E-state index in [1.165, 1.54) is 0 Å². The van der Waals surface area contributed by atoms with E-state index in [-0.39, 0.29) is 11.4 Å². The van der Waals surface area contributed by atoms with Crippen LogP contribution < -0.4 is 5.73 Å². The summed E-state index contributed by atoms with van der Waals surface area (Å²) in [4.78, 5) is 16.7. The third-order valence-corrected chi connectivity index (χ3v) is 3.70. The Morgan fingerprint density at radius 3 is 2.35 bits per heavy atom. The number of nitrogens with two attached hydrogens (primary N) is 1. The molecule has 2 heterocycles. The smallest absolute Gasteiger partial charge is 0.274 e. The summed E-state index contributed by atoms with van der Waals surface area (Å²) in [5.41, 5.74) is 6.19. The summed E-state index contributed by atoms with van der Waals surface area (Å²) >= 11 is 0. The fourth-order valence-electron chi connectivity index (χ4n) is 2.47. The van der Waals surface area contributed by atoms with Crippen molar-refractivity contribution in [3.8, 4) is 0 Å². The first-order chi connectivity index (χ1) is 9.32. The van der Waals surface area contributed by atoms with E-state index < -0.39 is 0 Å². The number of likely N-dealkylation sites (N-methyl/N-ethyl adjacent to an activating group) is 1. The van der Waals surface area contributed by atoms with E-state index in [2.05, 4.69) is 16.9 Å². The molecule has 6 nitrogen and oxygen atoms in total. The molecule has 0 atom stereocenters. The van der Waals surface area contributed by atoms with Gasteiger partial charge in [-0.2, -0.15) is 5.10 Å². The van der Waals surface area contributed by atoms with Gasteiger partial charge >= 0.3 is 0 Å². The van der Waals surface area contributed by atoms with Gasteiger partial charge in [0.15, 0.2) is 5.69 Å². The molecule has 20 heavy (non-hydrogen) atoms. The van der Waals surface area contributed by atoms with Crippen molar-refractivity contribution in [1.82, 2.24) is 19.6 Å². The van der Waals surface area contributed by atoms with E-state index in [0.717, 1.165) is 32.7 Å². The largest absolute Gasteiger partial charge is 0.384 e. The van der Waals surface area contributed by atoms with Crippen molar-refractivity contribution < 1.29 is 4.79 Å².